The molecule has 0 spiro atoms. The molecule has 1 fully saturated rings. The van der Waals surface area contributed by atoms with E-state index in [-0.39, 0.29) is 11.3 Å². The molecule has 1 aliphatic heterocycles. The molecule has 6 heteroatoms. The maximum absolute atomic E-state index is 13.8. The lowest BCUT2D eigenvalue weighted by Gasteiger charge is -2.30. The third-order valence-electron chi connectivity index (χ3n) is 3.61. The summed E-state index contributed by atoms with van der Waals surface area (Å²) in [6.07, 6.45) is 1.97. The first kappa shape index (κ1) is 14.4. The van der Waals surface area contributed by atoms with E-state index in [9.17, 15) is 17.2 Å². The standard InChI is InChI=1S/C13H17F2NO2S/c1-16-13(10-6-5-9(14)8-11(10)15)12-4-2-3-7-19(12,17)18/h5-6,8,12-13,16H,2-4,7H2,1H3. The van der Waals surface area contributed by atoms with Crippen molar-refractivity contribution in [1.82, 2.24) is 5.32 Å². The molecule has 2 atom stereocenters. The van der Waals surface area contributed by atoms with Gasteiger partial charge in [-0.1, -0.05) is 12.5 Å². The molecule has 19 heavy (non-hydrogen) atoms. The van der Waals surface area contributed by atoms with Crippen LogP contribution in [-0.4, -0.2) is 26.5 Å². The minimum Gasteiger partial charge on any atom is -0.312 e. The van der Waals surface area contributed by atoms with E-state index in [0.717, 1.165) is 18.6 Å². The zero-order chi connectivity index (χ0) is 14.0. The third kappa shape index (κ3) is 2.95. The average Bonchev–Trinajstić information content (AvgIpc) is 2.34. The SMILES string of the molecule is CNC(c1ccc(F)cc1F)C1CCCCS1(=O)=O. The molecular formula is C13H17F2NO2S. The number of halogens is 2. The Hall–Kier alpha value is -1.01. The number of hydrogen-bond donors (Lipinski definition) is 1. The van der Waals surface area contributed by atoms with Gasteiger partial charge in [0, 0.05) is 11.6 Å². The lowest BCUT2D eigenvalue weighted by molar-refractivity contribution is 0.452. The van der Waals surface area contributed by atoms with Crippen molar-refractivity contribution in [2.24, 2.45) is 0 Å². The van der Waals surface area contributed by atoms with E-state index >= 15 is 0 Å². The molecule has 0 aliphatic carbocycles. The Morgan fingerprint density at radius 1 is 1.32 bits per heavy atom. The lowest BCUT2D eigenvalue weighted by atomic mass is 9.99. The highest BCUT2D eigenvalue weighted by molar-refractivity contribution is 7.92. The Balaban J connectivity index is 2.39. The molecule has 2 unspecified atom stereocenters. The van der Waals surface area contributed by atoms with E-state index in [4.69, 9.17) is 0 Å². The van der Waals surface area contributed by atoms with E-state index in [1.807, 2.05) is 0 Å². The maximum Gasteiger partial charge on any atom is 0.155 e. The number of benzene rings is 1. The summed E-state index contributed by atoms with van der Waals surface area (Å²) in [4.78, 5) is 0. The highest BCUT2D eigenvalue weighted by Gasteiger charge is 2.36. The molecule has 1 aromatic carbocycles. The van der Waals surface area contributed by atoms with Crippen molar-refractivity contribution in [2.45, 2.75) is 30.6 Å². The van der Waals surface area contributed by atoms with Gasteiger partial charge >= 0.3 is 0 Å². The van der Waals surface area contributed by atoms with E-state index in [1.165, 1.54) is 6.07 Å². The fourth-order valence-corrected chi connectivity index (χ4v) is 4.78. The number of nitrogens with one attached hydrogen (secondary N) is 1. The number of rotatable bonds is 3. The fourth-order valence-electron chi connectivity index (χ4n) is 2.65. The fraction of sp³-hybridized carbons (Fsp3) is 0.538. The molecule has 1 heterocycles. The zero-order valence-electron chi connectivity index (χ0n) is 10.7. The predicted molar refractivity (Wildman–Crippen MR) is 69.6 cm³/mol. The van der Waals surface area contributed by atoms with Crippen LogP contribution < -0.4 is 5.32 Å². The Morgan fingerprint density at radius 3 is 2.63 bits per heavy atom. The Morgan fingerprint density at radius 2 is 2.05 bits per heavy atom. The summed E-state index contributed by atoms with van der Waals surface area (Å²) < 4.78 is 50.9. The highest BCUT2D eigenvalue weighted by Crippen LogP contribution is 2.31. The molecule has 1 saturated heterocycles. The van der Waals surface area contributed by atoms with Gasteiger partial charge < -0.3 is 5.32 Å². The molecule has 106 valence electrons. The normalized spacial score (nSPS) is 24.1. The van der Waals surface area contributed by atoms with E-state index < -0.39 is 32.8 Å². The van der Waals surface area contributed by atoms with Crippen LogP contribution in [0.2, 0.25) is 0 Å². The van der Waals surface area contributed by atoms with Gasteiger partial charge in [-0.3, -0.25) is 0 Å². The Bertz CT molecular complexity index is 560. The van der Waals surface area contributed by atoms with Crippen LogP contribution >= 0.6 is 0 Å². The molecule has 0 saturated carbocycles. The van der Waals surface area contributed by atoms with Gasteiger partial charge in [-0.25, -0.2) is 17.2 Å². The van der Waals surface area contributed by atoms with Crippen LogP contribution in [0.3, 0.4) is 0 Å². The number of sulfone groups is 1. The van der Waals surface area contributed by atoms with Crippen LogP contribution in [0.1, 0.15) is 30.9 Å². The smallest absolute Gasteiger partial charge is 0.155 e. The van der Waals surface area contributed by atoms with Crippen molar-refractivity contribution in [2.75, 3.05) is 12.8 Å². The average molecular weight is 289 g/mol. The second kappa shape index (κ2) is 5.54. The van der Waals surface area contributed by atoms with E-state index in [0.29, 0.717) is 12.8 Å². The van der Waals surface area contributed by atoms with E-state index in [1.54, 1.807) is 7.05 Å². The second-order valence-electron chi connectivity index (χ2n) is 4.83. The van der Waals surface area contributed by atoms with Crippen molar-refractivity contribution in [3.63, 3.8) is 0 Å². The maximum atomic E-state index is 13.8. The minimum atomic E-state index is -3.23. The molecule has 1 N–H and O–H groups in total. The Labute approximate surface area is 111 Å². The Kier molecular flexibility index (Phi) is 4.20. The molecule has 0 bridgehead atoms. The van der Waals surface area contributed by atoms with Crippen LogP contribution in [0.25, 0.3) is 0 Å². The summed E-state index contributed by atoms with van der Waals surface area (Å²) in [5.41, 5.74) is 0.208. The summed E-state index contributed by atoms with van der Waals surface area (Å²) in [7, 11) is -1.64. The van der Waals surface area contributed by atoms with Gasteiger partial charge in [0.05, 0.1) is 17.0 Å². The van der Waals surface area contributed by atoms with Crippen molar-refractivity contribution >= 4 is 9.84 Å². The molecule has 0 radical (unpaired) electrons. The first-order chi connectivity index (χ1) is 8.95. The molecule has 1 aliphatic rings. The van der Waals surface area contributed by atoms with Crippen LogP contribution in [0.15, 0.2) is 18.2 Å². The van der Waals surface area contributed by atoms with Gasteiger partial charge in [0.1, 0.15) is 11.6 Å². The molecular weight excluding hydrogens is 272 g/mol. The molecule has 0 amide bonds. The molecule has 0 aromatic heterocycles. The predicted octanol–water partition coefficient (Wildman–Crippen LogP) is 2.19. The largest absolute Gasteiger partial charge is 0.312 e. The quantitative estimate of drug-likeness (QED) is 0.928. The van der Waals surface area contributed by atoms with Gasteiger partial charge in [0.15, 0.2) is 9.84 Å². The van der Waals surface area contributed by atoms with Crippen LogP contribution in [-0.2, 0) is 9.84 Å². The molecule has 2 rings (SSSR count). The van der Waals surface area contributed by atoms with Crippen molar-refractivity contribution < 1.29 is 17.2 Å². The van der Waals surface area contributed by atoms with Crippen molar-refractivity contribution in [3.05, 3.63) is 35.4 Å². The number of hydrogen-bond acceptors (Lipinski definition) is 3. The van der Waals surface area contributed by atoms with Gasteiger partial charge in [-0.2, -0.15) is 0 Å². The first-order valence-corrected chi connectivity index (χ1v) is 8.01. The molecule has 3 nitrogen and oxygen atoms in total. The molecule has 1 aromatic rings. The van der Waals surface area contributed by atoms with Crippen molar-refractivity contribution in [1.29, 1.82) is 0 Å². The van der Waals surface area contributed by atoms with Crippen LogP contribution in [0, 0.1) is 11.6 Å². The highest BCUT2D eigenvalue weighted by atomic mass is 32.2. The van der Waals surface area contributed by atoms with Gasteiger partial charge in [0.25, 0.3) is 0 Å². The van der Waals surface area contributed by atoms with Crippen molar-refractivity contribution in [3.8, 4) is 0 Å². The first-order valence-electron chi connectivity index (χ1n) is 6.29. The van der Waals surface area contributed by atoms with Gasteiger partial charge in [-0.05, 0) is 26.0 Å². The zero-order valence-corrected chi connectivity index (χ0v) is 11.5. The lowest BCUT2D eigenvalue weighted by Crippen LogP contribution is -2.39. The van der Waals surface area contributed by atoms with Gasteiger partial charge in [-0.15, -0.1) is 0 Å². The minimum absolute atomic E-state index is 0.138. The monoisotopic (exact) mass is 289 g/mol. The van der Waals surface area contributed by atoms with E-state index in [2.05, 4.69) is 5.32 Å². The van der Waals surface area contributed by atoms with Crippen LogP contribution in [0.4, 0.5) is 8.78 Å². The van der Waals surface area contributed by atoms with Gasteiger partial charge in [0.2, 0.25) is 0 Å². The summed E-state index contributed by atoms with van der Waals surface area (Å²) in [5, 5.41) is 2.22. The van der Waals surface area contributed by atoms with Crippen LogP contribution in [0.5, 0.6) is 0 Å². The third-order valence-corrected chi connectivity index (χ3v) is 5.90. The topological polar surface area (TPSA) is 46.2 Å². The second-order valence-corrected chi connectivity index (χ2v) is 7.17. The summed E-state index contributed by atoms with van der Waals surface area (Å²) in [5.74, 6) is -1.23. The summed E-state index contributed by atoms with van der Waals surface area (Å²) in [6.45, 7) is 0. The summed E-state index contributed by atoms with van der Waals surface area (Å²) >= 11 is 0. The summed E-state index contributed by atoms with van der Waals surface area (Å²) in [6, 6.07) is 2.62.